The molecule has 148 valence electrons. The molecule has 2 N–H and O–H groups in total. The lowest BCUT2D eigenvalue weighted by Gasteiger charge is -2.11. The highest BCUT2D eigenvalue weighted by Gasteiger charge is 2.13. The van der Waals surface area contributed by atoms with Crippen molar-refractivity contribution in [1.29, 1.82) is 0 Å². The van der Waals surface area contributed by atoms with Gasteiger partial charge >= 0.3 is 0 Å². The Morgan fingerprint density at radius 2 is 2.11 bits per heavy atom. The molecular formula is C18H21ClN6OS2. The summed E-state index contributed by atoms with van der Waals surface area (Å²) in [4.78, 5) is 12.2. The van der Waals surface area contributed by atoms with Gasteiger partial charge in [0.25, 0.3) is 0 Å². The Kier molecular flexibility index (Phi) is 6.58. The van der Waals surface area contributed by atoms with Crippen LogP contribution in [0.15, 0.2) is 28.7 Å². The lowest BCUT2D eigenvalue weighted by Crippen LogP contribution is -2.18. The first kappa shape index (κ1) is 20.6. The van der Waals surface area contributed by atoms with Gasteiger partial charge in [-0.25, -0.2) is 4.68 Å². The number of rotatable bonds is 7. The first-order valence-corrected chi connectivity index (χ1v) is 10.8. The first-order chi connectivity index (χ1) is 13.3. The molecule has 0 unspecified atom stereocenters. The number of thioether (sulfide) groups is 1. The standard InChI is InChI=1S/C18H21ClN6OS2/c1-10(2)25-14(5-6-20-25)21-15(26)9-27-18-24-23-17(28-18)22-16-12(4)7-11(3)8-13(16)19/h5-8,10H,9H2,1-4H3,(H,21,26)(H,22,23). The van der Waals surface area contributed by atoms with E-state index < -0.39 is 0 Å². The molecule has 28 heavy (non-hydrogen) atoms. The fourth-order valence-corrected chi connectivity index (χ4v) is 4.56. The number of halogens is 1. The lowest BCUT2D eigenvalue weighted by atomic mass is 10.1. The molecule has 3 rings (SSSR count). The monoisotopic (exact) mass is 436 g/mol. The third kappa shape index (κ3) is 5.03. The summed E-state index contributed by atoms with van der Waals surface area (Å²) in [6, 6.07) is 5.91. The third-order valence-corrected chi connectivity index (χ3v) is 6.09. The third-order valence-electron chi connectivity index (χ3n) is 3.82. The summed E-state index contributed by atoms with van der Waals surface area (Å²) in [6.45, 7) is 8.01. The van der Waals surface area contributed by atoms with E-state index in [-0.39, 0.29) is 17.7 Å². The zero-order valence-electron chi connectivity index (χ0n) is 16.0. The van der Waals surface area contributed by atoms with Crippen molar-refractivity contribution >= 4 is 57.2 Å². The second-order valence-corrected chi connectivity index (χ2v) is 9.14. The van der Waals surface area contributed by atoms with Gasteiger partial charge < -0.3 is 10.6 Å². The van der Waals surface area contributed by atoms with E-state index in [2.05, 4.69) is 32.0 Å². The first-order valence-electron chi connectivity index (χ1n) is 8.67. The fraction of sp³-hybridized carbons (Fsp3) is 0.333. The Morgan fingerprint density at radius 1 is 1.32 bits per heavy atom. The Balaban J connectivity index is 1.58. The number of nitrogens with one attached hydrogen (secondary N) is 2. The molecule has 0 fully saturated rings. The van der Waals surface area contributed by atoms with Crippen LogP contribution in [0.3, 0.4) is 0 Å². The Labute approximate surface area is 176 Å². The summed E-state index contributed by atoms with van der Waals surface area (Å²) in [5, 5.41) is 19.8. The second kappa shape index (κ2) is 8.93. The number of nitrogens with zero attached hydrogens (tertiary/aromatic N) is 4. The zero-order chi connectivity index (χ0) is 20.3. The maximum absolute atomic E-state index is 12.2. The van der Waals surface area contributed by atoms with E-state index in [1.54, 1.807) is 16.9 Å². The van der Waals surface area contributed by atoms with E-state index in [0.29, 0.717) is 20.3 Å². The minimum atomic E-state index is -0.116. The van der Waals surface area contributed by atoms with E-state index in [4.69, 9.17) is 11.6 Å². The van der Waals surface area contributed by atoms with Gasteiger partial charge in [0.2, 0.25) is 11.0 Å². The number of benzene rings is 1. The molecule has 0 radical (unpaired) electrons. The maximum atomic E-state index is 12.2. The highest BCUT2D eigenvalue weighted by atomic mass is 35.5. The normalized spacial score (nSPS) is 11.1. The molecule has 7 nitrogen and oxygen atoms in total. The van der Waals surface area contributed by atoms with Crippen LogP contribution in [0.25, 0.3) is 0 Å². The second-order valence-electron chi connectivity index (χ2n) is 6.53. The Hall–Kier alpha value is -2.10. The smallest absolute Gasteiger partial charge is 0.235 e. The number of aromatic nitrogens is 4. The van der Waals surface area contributed by atoms with Crippen molar-refractivity contribution in [3.8, 4) is 0 Å². The predicted octanol–water partition coefficient (Wildman–Crippen LogP) is 5.06. The number of amides is 1. The van der Waals surface area contributed by atoms with Crippen LogP contribution in [-0.4, -0.2) is 31.6 Å². The molecule has 1 amide bonds. The fourth-order valence-electron chi connectivity index (χ4n) is 2.63. The van der Waals surface area contributed by atoms with Gasteiger partial charge in [-0.05, 0) is 44.9 Å². The zero-order valence-corrected chi connectivity index (χ0v) is 18.4. The molecule has 10 heteroatoms. The van der Waals surface area contributed by atoms with E-state index in [1.165, 1.54) is 23.1 Å². The van der Waals surface area contributed by atoms with Crippen molar-refractivity contribution in [2.75, 3.05) is 16.4 Å². The number of hydrogen-bond donors (Lipinski definition) is 2. The molecule has 0 aliphatic rings. The predicted molar refractivity (Wildman–Crippen MR) is 116 cm³/mol. The van der Waals surface area contributed by atoms with Gasteiger partial charge in [-0.2, -0.15) is 5.10 Å². The Bertz CT molecular complexity index is 961. The average molecular weight is 437 g/mol. The van der Waals surface area contributed by atoms with Crippen molar-refractivity contribution in [3.05, 3.63) is 40.5 Å². The molecule has 0 spiro atoms. The molecular weight excluding hydrogens is 416 g/mol. The molecule has 0 aliphatic carbocycles. The van der Waals surface area contributed by atoms with Crippen LogP contribution < -0.4 is 10.6 Å². The number of anilines is 3. The minimum Gasteiger partial charge on any atom is -0.329 e. The molecule has 2 aromatic heterocycles. The van der Waals surface area contributed by atoms with E-state index in [0.717, 1.165) is 16.8 Å². The molecule has 1 aromatic carbocycles. The van der Waals surface area contributed by atoms with Crippen LogP contribution >= 0.6 is 34.7 Å². The number of carbonyl (C=O) groups excluding carboxylic acids is 1. The van der Waals surface area contributed by atoms with Crippen molar-refractivity contribution < 1.29 is 4.79 Å². The van der Waals surface area contributed by atoms with Gasteiger partial charge in [0.05, 0.1) is 22.7 Å². The minimum absolute atomic E-state index is 0.116. The molecule has 0 saturated carbocycles. The molecule has 0 bridgehead atoms. The van der Waals surface area contributed by atoms with Crippen LogP contribution in [-0.2, 0) is 4.79 Å². The summed E-state index contributed by atoms with van der Waals surface area (Å²) in [5.41, 5.74) is 2.96. The van der Waals surface area contributed by atoms with Crippen LogP contribution in [0.4, 0.5) is 16.6 Å². The van der Waals surface area contributed by atoms with Crippen molar-refractivity contribution in [1.82, 2.24) is 20.0 Å². The summed E-state index contributed by atoms with van der Waals surface area (Å²) in [7, 11) is 0. The SMILES string of the molecule is Cc1cc(C)c(Nc2nnc(SCC(=O)Nc3ccnn3C(C)C)s2)c(Cl)c1. The van der Waals surface area contributed by atoms with E-state index in [9.17, 15) is 4.79 Å². The summed E-state index contributed by atoms with van der Waals surface area (Å²) in [6.07, 6.45) is 1.67. The van der Waals surface area contributed by atoms with Crippen LogP contribution in [0, 0.1) is 13.8 Å². The molecule has 3 aromatic rings. The average Bonchev–Trinajstić information content (AvgIpc) is 3.25. The number of hydrogen-bond acceptors (Lipinski definition) is 7. The van der Waals surface area contributed by atoms with Crippen LogP contribution in [0.5, 0.6) is 0 Å². The number of aryl methyl sites for hydroxylation is 2. The molecule has 0 aliphatic heterocycles. The number of carbonyl (C=O) groups is 1. The van der Waals surface area contributed by atoms with Gasteiger partial charge in [-0.1, -0.05) is 40.8 Å². The van der Waals surface area contributed by atoms with Gasteiger partial charge in [-0.15, -0.1) is 10.2 Å². The van der Waals surface area contributed by atoms with Crippen LogP contribution in [0.2, 0.25) is 5.02 Å². The highest BCUT2D eigenvalue weighted by Crippen LogP contribution is 2.33. The van der Waals surface area contributed by atoms with Crippen LogP contribution in [0.1, 0.15) is 31.0 Å². The summed E-state index contributed by atoms with van der Waals surface area (Å²) in [5.74, 6) is 0.807. The van der Waals surface area contributed by atoms with Gasteiger partial charge in [-0.3, -0.25) is 4.79 Å². The summed E-state index contributed by atoms with van der Waals surface area (Å²) >= 11 is 9.04. The van der Waals surface area contributed by atoms with Crippen molar-refractivity contribution in [2.24, 2.45) is 0 Å². The molecule has 0 atom stereocenters. The lowest BCUT2D eigenvalue weighted by molar-refractivity contribution is -0.113. The quantitative estimate of drug-likeness (QED) is 0.503. The van der Waals surface area contributed by atoms with Gasteiger partial charge in [0, 0.05) is 12.1 Å². The summed E-state index contributed by atoms with van der Waals surface area (Å²) < 4.78 is 2.47. The van der Waals surface area contributed by atoms with Gasteiger partial charge in [0.15, 0.2) is 4.34 Å². The molecule has 0 saturated heterocycles. The Morgan fingerprint density at radius 3 is 2.82 bits per heavy atom. The van der Waals surface area contributed by atoms with E-state index in [1.807, 2.05) is 33.8 Å². The topological polar surface area (TPSA) is 84.7 Å². The highest BCUT2D eigenvalue weighted by molar-refractivity contribution is 8.01. The van der Waals surface area contributed by atoms with Crippen molar-refractivity contribution in [2.45, 2.75) is 38.1 Å². The van der Waals surface area contributed by atoms with Crippen molar-refractivity contribution in [3.63, 3.8) is 0 Å². The largest absolute Gasteiger partial charge is 0.329 e. The maximum Gasteiger partial charge on any atom is 0.235 e. The van der Waals surface area contributed by atoms with E-state index >= 15 is 0 Å². The van der Waals surface area contributed by atoms with Gasteiger partial charge in [0.1, 0.15) is 5.82 Å². The molecule has 2 heterocycles.